The maximum atomic E-state index is 12.4. The van der Waals surface area contributed by atoms with Gasteiger partial charge in [0.05, 0.1) is 24.2 Å². The van der Waals surface area contributed by atoms with E-state index in [1.165, 1.54) is 26.2 Å². The second-order valence-corrected chi connectivity index (χ2v) is 7.57. The third kappa shape index (κ3) is 4.68. The maximum absolute atomic E-state index is 12.4. The smallest absolute Gasteiger partial charge is 0.241 e. The van der Waals surface area contributed by atoms with Gasteiger partial charge in [-0.15, -0.1) is 0 Å². The average molecular weight is 356 g/mol. The van der Waals surface area contributed by atoms with Gasteiger partial charge in [0, 0.05) is 13.2 Å². The molecule has 24 heavy (non-hydrogen) atoms. The first-order chi connectivity index (χ1) is 11.3. The van der Waals surface area contributed by atoms with Crippen LogP contribution in [0, 0.1) is 6.92 Å². The van der Waals surface area contributed by atoms with Crippen LogP contribution in [0.1, 0.15) is 25.3 Å². The molecule has 0 spiro atoms. The zero-order valence-electron chi connectivity index (χ0n) is 14.2. The van der Waals surface area contributed by atoms with Crippen LogP contribution in [0.4, 0.5) is 0 Å². The van der Waals surface area contributed by atoms with Crippen molar-refractivity contribution >= 4 is 15.9 Å². The van der Waals surface area contributed by atoms with E-state index in [0.29, 0.717) is 24.5 Å². The summed E-state index contributed by atoms with van der Waals surface area (Å²) in [6.07, 6.45) is 1.91. The quantitative estimate of drug-likeness (QED) is 0.759. The summed E-state index contributed by atoms with van der Waals surface area (Å²) in [5.74, 6) is 0.232. The maximum Gasteiger partial charge on any atom is 0.241 e. The van der Waals surface area contributed by atoms with Crippen molar-refractivity contribution in [1.82, 2.24) is 10.0 Å². The number of methoxy groups -OCH3 is 1. The fraction of sp³-hybridized carbons (Fsp3) is 0.562. The molecule has 2 N–H and O–H groups in total. The van der Waals surface area contributed by atoms with Crippen LogP contribution in [-0.2, 0) is 19.6 Å². The van der Waals surface area contributed by atoms with E-state index in [0.717, 1.165) is 12.8 Å². The Balaban J connectivity index is 1.96. The Labute approximate surface area is 142 Å². The summed E-state index contributed by atoms with van der Waals surface area (Å²) in [7, 11) is -2.26. The van der Waals surface area contributed by atoms with E-state index in [9.17, 15) is 13.2 Å². The normalized spacial score (nSPS) is 19.0. The van der Waals surface area contributed by atoms with Gasteiger partial charge in [0.25, 0.3) is 0 Å². The van der Waals surface area contributed by atoms with Crippen molar-refractivity contribution in [3.05, 3.63) is 23.8 Å². The number of nitrogens with one attached hydrogen (secondary N) is 2. The highest BCUT2D eigenvalue weighted by Gasteiger charge is 2.24. The van der Waals surface area contributed by atoms with E-state index in [4.69, 9.17) is 9.47 Å². The van der Waals surface area contributed by atoms with Gasteiger partial charge in [-0.25, -0.2) is 8.42 Å². The highest BCUT2D eigenvalue weighted by atomic mass is 32.2. The Morgan fingerprint density at radius 2 is 2.21 bits per heavy atom. The molecule has 0 saturated carbocycles. The van der Waals surface area contributed by atoms with Crippen molar-refractivity contribution in [1.29, 1.82) is 0 Å². The minimum atomic E-state index is -3.79. The average Bonchev–Trinajstić information content (AvgIpc) is 3.05. The Hall–Kier alpha value is -1.64. The zero-order chi connectivity index (χ0) is 17.7. The van der Waals surface area contributed by atoms with Crippen molar-refractivity contribution in [3.8, 4) is 5.75 Å². The fourth-order valence-electron chi connectivity index (χ4n) is 2.55. The lowest BCUT2D eigenvalue weighted by atomic mass is 10.2. The van der Waals surface area contributed by atoms with Gasteiger partial charge < -0.3 is 14.8 Å². The fourth-order valence-corrected chi connectivity index (χ4v) is 3.83. The third-order valence-corrected chi connectivity index (χ3v) is 5.47. The van der Waals surface area contributed by atoms with Gasteiger partial charge in [0.1, 0.15) is 5.75 Å². The summed E-state index contributed by atoms with van der Waals surface area (Å²) in [6, 6.07) is 3.67. The highest BCUT2D eigenvalue weighted by molar-refractivity contribution is 7.89. The van der Waals surface area contributed by atoms with E-state index in [-0.39, 0.29) is 16.9 Å². The molecule has 1 aromatic carbocycles. The van der Waals surface area contributed by atoms with Crippen LogP contribution >= 0.6 is 0 Å². The molecule has 0 unspecified atom stereocenters. The summed E-state index contributed by atoms with van der Waals surface area (Å²) < 4.78 is 37.7. The highest BCUT2D eigenvalue weighted by Crippen LogP contribution is 2.21. The summed E-state index contributed by atoms with van der Waals surface area (Å²) in [5, 5.41) is 2.72. The summed E-state index contributed by atoms with van der Waals surface area (Å²) >= 11 is 0. The minimum Gasteiger partial charge on any atom is -0.496 e. The Bertz CT molecular complexity index is 684. The molecule has 134 valence electrons. The Kier molecular flexibility index (Phi) is 6.20. The number of carbonyl (C=O) groups is 1. The number of amides is 1. The zero-order valence-corrected chi connectivity index (χ0v) is 15.0. The first-order valence-electron chi connectivity index (χ1n) is 7.90. The van der Waals surface area contributed by atoms with Gasteiger partial charge >= 0.3 is 0 Å². The molecule has 8 heteroatoms. The Morgan fingerprint density at radius 3 is 2.79 bits per heavy atom. The molecule has 1 aliphatic heterocycles. The topological polar surface area (TPSA) is 93.7 Å². The van der Waals surface area contributed by atoms with Crippen LogP contribution in [0.15, 0.2) is 23.1 Å². The molecule has 1 heterocycles. The van der Waals surface area contributed by atoms with Gasteiger partial charge in [-0.2, -0.15) is 4.72 Å². The van der Waals surface area contributed by atoms with E-state index >= 15 is 0 Å². The molecule has 2 atom stereocenters. The lowest BCUT2D eigenvalue weighted by Crippen LogP contribution is -2.46. The van der Waals surface area contributed by atoms with E-state index in [2.05, 4.69) is 10.0 Å². The predicted molar refractivity (Wildman–Crippen MR) is 89.5 cm³/mol. The molecule has 7 nitrogen and oxygen atoms in total. The third-order valence-electron chi connectivity index (χ3n) is 3.93. The van der Waals surface area contributed by atoms with Crippen molar-refractivity contribution in [3.63, 3.8) is 0 Å². The van der Waals surface area contributed by atoms with Gasteiger partial charge in [-0.05, 0) is 50.5 Å². The molecule has 1 aliphatic rings. The molecular weight excluding hydrogens is 332 g/mol. The molecule has 0 aromatic heterocycles. The molecule has 1 fully saturated rings. The SMILES string of the molecule is COc1ccc(S(=O)(=O)N[C@@H](C)C(=O)NC[C@H]2CCCO2)cc1C. The van der Waals surface area contributed by atoms with Crippen molar-refractivity contribution in [2.45, 2.75) is 43.7 Å². The molecule has 0 aliphatic carbocycles. The largest absolute Gasteiger partial charge is 0.496 e. The molecule has 1 aromatic rings. The van der Waals surface area contributed by atoms with Crippen molar-refractivity contribution < 1.29 is 22.7 Å². The van der Waals surface area contributed by atoms with Gasteiger partial charge in [-0.1, -0.05) is 0 Å². The number of rotatable bonds is 7. The predicted octanol–water partition coefficient (Wildman–Crippen LogP) is 0.966. The second kappa shape index (κ2) is 7.96. The van der Waals surface area contributed by atoms with Crippen LogP contribution in [0.5, 0.6) is 5.75 Å². The number of hydrogen-bond donors (Lipinski definition) is 2. The number of hydrogen-bond acceptors (Lipinski definition) is 5. The summed E-state index contributed by atoms with van der Waals surface area (Å²) in [5.41, 5.74) is 0.705. The Morgan fingerprint density at radius 1 is 1.46 bits per heavy atom. The van der Waals surface area contributed by atoms with Crippen molar-refractivity contribution in [2.75, 3.05) is 20.3 Å². The summed E-state index contributed by atoms with van der Waals surface area (Å²) in [4.78, 5) is 12.2. The molecular formula is C16H24N2O5S. The monoisotopic (exact) mass is 356 g/mol. The van der Waals surface area contributed by atoms with Crippen LogP contribution in [0.3, 0.4) is 0 Å². The van der Waals surface area contributed by atoms with Crippen molar-refractivity contribution in [2.24, 2.45) is 0 Å². The van der Waals surface area contributed by atoms with Crippen LogP contribution in [0.2, 0.25) is 0 Å². The van der Waals surface area contributed by atoms with E-state index in [1.54, 1.807) is 13.0 Å². The van der Waals surface area contributed by atoms with Gasteiger partial charge in [0.2, 0.25) is 15.9 Å². The standard InChI is InChI=1S/C16H24N2O5S/c1-11-9-14(6-7-15(11)22-3)24(20,21)18-12(2)16(19)17-10-13-5-4-8-23-13/h6-7,9,12-13,18H,4-5,8,10H2,1-3H3,(H,17,19)/t12-,13+/m0/s1. The lowest BCUT2D eigenvalue weighted by Gasteiger charge is -2.17. The number of benzene rings is 1. The van der Waals surface area contributed by atoms with Gasteiger partial charge in [0.15, 0.2) is 0 Å². The minimum absolute atomic E-state index is 0.0157. The molecule has 0 bridgehead atoms. The van der Waals surface area contributed by atoms with E-state index in [1.807, 2.05) is 0 Å². The number of sulfonamides is 1. The second-order valence-electron chi connectivity index (χ2n) is 5.85. The first-order valence-corrected chi connectivity index (χ1v) is 9.38. The molecule has 2 rings (SSSR count). The van der Waals surface area contributed by atoms with E-state index < -0.39 is 16.1 Å². The summed E-state index contributed by atoms with van der Waals surface area (Å²) in [6.45, 7) is 4.38. The first kappa shape index (κ1) is 18.7. The number of carbonyl (C=O) groups excluding carboxylic acids is 1. The van der Waals surface area contributed by atoms with Crippen LogP contribution < -0.4 is 14.8 Å². The number of ether oxygens (including phenoxy) is 2. The molecule has 1 amide bonds. The van der Waals surface area contributed by atoms with Crippen LogP contribution in [-0.4, -0.2) is 46.7 Å². The molecule has 0 radical (unpaired) electrons. The van der Waals surface area contributed by atoms with Crippen LogP contribution in [0.25, 0.3) is 0 Å². The van der Waals surface area contributed by atoms with Gasteiger partial charge in [-0.3, -0.25) is 4.79 Å². The number of aryl methyl sites for hydroxylation is 1. The molecule has 1 saturated heterocycles. The lowest BCUT2D eigenvalue weighted by molar-refractivity contribution is -0.122.